The Bertz CT molecular complexity index is 1160. The Labute approximate surface area is 193 Å². The molecule has 0 unspecified atom stereocenters. The van der Waals surface area contributed by atoms with E-state index in [0.717, 1.165) is 27.6 Å². The zero-order chi connectivity index (χ0) is 23.4. The van der Waals surface area contributed by atoms with E-state index in [0.29, 0.717) is 38.6 Å². The molecule has 1 N–H and O–H groups in total. The Morgan fingerprint density at radius 3 is 2.48 bits per heavy atom. The molecule has 1 atom stereocenters. The van der Waals surface area contributed by atoms with Crippen LogP contribution >= 0.6 is 0 Å². The number of amides is 2. The maximum absolute atomic E-state index is 13.1. The number of nitrogens with one attached hydrogen (secondary N) is 1. The molecule has 6 heteroatoms. The monoisotopic (exact) mass is 448 g/mol. The van der Waals surface area contributed by atoms with Crippen LogP contribution in [-0.2, 0) is 22.6 Å². The van der Waals surface area contributed by atoms with Crippen LogP contribution in [0.15, 0.2) is 60.7 Å². The second kappa shape index (κ2) is 9.61. The maximum atomic E-state index is 13.1. The first kappa shape index (κ1) is 22.8. The van der Waals surface area contributed by atoms with Gasteiger partial charge >= 0.3 is 0 Å². The fourth-order valence-corrected chi connectivity index (χ4v) is 4.70. The van der Waals surface area contributed by atoms with Crippen LogP contribution in [0, 0.1) is 5.82 Å². The Balaban J connectivity index is 1.49. The third-order valence-electron chi connectivity index (χ3n) is 6.53. The number of hydrogen-bond acceptors (Lipinski definition) is 3. The zero-order valence-corrected chi connectivity index (χ0v) is 19.1. The molecule has 1 saturated heterocycles. The first-order chi connectivity index (χ1) is 15.9. The third kappa shape index (κ3) is 5.16. The number of methoxy groups -OCH3 is 1. The minimum atomic E-state index is -0.458. The van der Waals surface area contributed by atoms with Crippen molar-refractivity contribution in [3.63, 3.8) is 0 Å². The predicted octanol–water partition coefficient (Wildman–Crippen LogP) is 4.62. The molecule has 0 aliphatic carbocycles. The molecule has 172 valence electrons. The summed E-state index contributed by atoms with van der Waals surface area (Å²) in [7, 11) is 3.41. The molecular weight excluding hydrogens is 419 g/mol. The summed E-state index contributed by atoms with van der Waals surface area (Å²) in [6, 6.07) is 18.3. The van der Waals surface area contributed by atoms with E-state index < -0.39 is 5.54 Å². The van der Waals surface area contributed by atoms with Gasteiger partial charge in [-0.1, -0.05) is 42.5 Å². The Hall–Kier alpha value is -3.41. The summed E-state index contributed by atoms with van der Waals surface area (Å²) in [5.74, 6) is 0.550. The molecule has 0 aromatic heterocycles. The van der Waals surface area contributed by atoms with Gasteiger partial charge in [-0.3, -0.25) is 9.59 Å². The normalized spacial score (nSPS) is 17.7. The number of hydrogen-bond donors (Lipinski definition) is 1. The molecule has 3 aromatic carbocycles. The van der Waals surface area contributed by atoms with E-state index >= 15 is 0 Å². The summed E-state index contributed by atoms with van der Waals surface area (Å²) in [5, 5.41) is 5.31. The first-order valence-corrected chi connectivity index (χ1v) is 11.2. The van der Waals surface area contributed by atoms with Crippen LogP contribution in [0.5, 0.6) is 5.75 Å². The van der Waals surface area contributed by atoms with Gasteiger partial charge in [-0.25, -0.2) is 4.39 Å². The van der Waals surface area contributed by atoms with Crippen molar-refractivity contribution in [2.45, 2.75) is 44.2 Å². The average Bonchev–Trinajstić information content (AvgIpc) is 3.19. The van der Waals surface area contributed by atoms with E-state index in [1.54, 1.807) is 31.2 Å². The van der Waals surface area contributed by atoms with Gasteiger partial charge in [0.1, 0.15) is 11.6 Å². The fourth-order valence-electron chi connectivity index (χ4n) is 4.70. The zero-order valence-electron chi connectivity index (χ0n) is 19.1. The minimum Gasteiger partial charge on any atom is -0.496 e. The highest BCUT2D eigenvalue weighted by molar-refractivity contribution is 5.91. The number of fused-ring (bicyclic) bond motifs is 1. The lowest BCUT2D eigenvalue weighted by atomic mass is 9.83. The van der Waals surface area contributed by atoms with Crippen molar-refractivity contribution in [1.29, 1.82) is 0 Å². The van der Waals surface area contributed by atoms with Crippen molar-refractivity contribution in [3.05, 3.63) is 77.6 Å². The topological polar surface area (TPSA) is 58.6 Å². The molecule has 3 aromatic rings. The number of nitrogens with zero attached hydrogens (tertiary/aromatic N) is 1. The number of halogens is 1. The summed E-state index contributed by atoms with van der Waals surface area (Å²) in [6.45, 7) is 0.418. The van der Waals surface area contributed by atoms with E-state index in [-0.39, 0.29) is 17.6 Å². The minimum absolute atomic E-state index is 0.000520. The number of rotatable bonds is 8. The van der Waals surface area contributed by atoms with Crippen molar-refractivity contribution in [2.24, 2.45) is 0 Å². The Morgan fingerprint density at radius 2 is 1.82 bits per heavy atom. The Morgan fingerprint density at radius 1 is 1.09 bits per heavy atom. The van der Waals surface area contributed by atoms with Crippen molar-refractivity contribution in [3.8, 4) is 5.75 Å². The molecule has 0 bridgehead atoms. The first-order valence-electron chi connectivity index (χ1n) is 11.2. The molecule has 1 aliphatic heterocycles. The molecule has 0 radical (unpaired) electrons. The summed E-state index contributed by atoms with van der Waals surface area (Å²) in [5.41, 5.74) is 1.54. The van der Waals surface area contributed by atoms with Crippen LogP contribution < -0.4 is 10.1 Å². The summed E-state index contributed by atoms with van der Waals surface area (Å²) < 4.78 is 18.7. The number of ether oxygens (including phenoxy) is 1. The van der Waals surface area contributed by atoms with Crippen molar-refractivity contribution >= 4 is 22.6 Å². The standard InChI is InChI=1S/C27H29FN2O3/c1-30(18-19-7-10-21(28)11-8-19)26(32)14-16-27(15-13-25(31)29-27)17-20-9-12-24(33-2)23-6-4-3-5-22(20)23/h3-12H,13-18H2,1-2H3,(H,29,31)/t27-/m1/s1. The summed E-state index contributed by atoms with van der Waals surface area (Å²) in [6.07, 6.45) is 2.70. The van der Waals surface area contributed by atoms with Crippen molar-refractivity contribution in [1.82, 2.24) is 10.2 Å². The van der Waals surface area contributed by atoms with Gasteiger partial charge in [-0.2, -0.15) is 0 Å². The molecule has 1 aliphatic rings. The van der Waals surface area contributed by atoms with Crippen LogP contribution in [0.3, 0.4) is 0 Å². The molecule has 5 nitrogen and oxygen atoms in total. The molecule has 2 amide bonds. The average molecular weight is 449 g/mol. The van der Waals surface area contributed by atoms with Crippen LogP contribution in [0.25, 0.3) is 10.8 Å². The molecule has 33 heavy (non-hydrogen) atoms. The lowest BCUT2D eigenvalue weighted by Crippen LogP contribution is -2.44. The second-order valence-electron chi connectivity index (χ2n) is 8.85. The van der Waals surface area contributed by atoms with Crippen LogP contribution in [0.1, 0.15) is 36.8 Å². The van der Waals surface area contributed by atoms with E-state index in [4.69, 9.17) is 4.74 Å². The number of carbonyl (C=O) groups is 2. The van der Waals surface area contributed by atoms with Crippen LogP contribution in [0.4, 0.5) is 4.39 Å². The molecule has 0 spiro atoms. The maximum Gasteiger partial charge on any atom is 0.222 e. The Kier molecular flexibility index (Phi) is 6.63. The molecule has 1 heterocycles. The number of benzene rings is 3. The van der Waals surface area contributed by atoms with Gasteiger partial charge in [0, 0.05) is 37.4 Å². The summed E-state index contributed by atoms with van der Waals surface area (Å²) >= 11 is 0. The predicted molar refractivity (Wildman–Crippen MR) is 126 cm³/mol. The van der Waals surface area contributed by atoms with Gasteiger partial charge in [0.2, 0.25) is 11.8 Å². The SMILES string of the molecule is COc1ccc(C[C@]2(CCC(=O)N(C)Cc3ccc(F)cc3)CCC(=O)N2)c2ccccc12. The van der Waals surface area contributed by atoms with Gasteiger partial charge in [-0.05, 0) is 54.0 Å². The molecule has 4 rings (SSSR count). The van der Waals surface area contributed by atoms with E-state index in [1.165, 1.54) is 12.1 Å². The lowest BCUT2D eigenvalue weighted by Gasteiger charge is -2.31. The highest BCUT2D eigenvalue weighted by Gasteiger charge is 2.38. The molecule has 1 fully saturated rings. The van der Waals surface area contributed by atoms with Crippen molar-refractivity contribution in [2.75, 3.05) is 14.2 Å². The van der Waals surface area contributed by atoms with Gasteiger partial charge in [0.05, 0.1) is 7.11 Å². The van der Waals surface area contributed by atoms with Gasteiger partial charge in [0.25, 0.3) is 0 Å². The highest BCUT2D eigenvalue weighted by atomic mass is 19.1. The lowest BCUT2D eigenvalue weighted by molar-refractivity contribution is -0.131. The second-order valence-corrected chi connectivity index (χ2v) is 8.85. The van der Waals surface area contributed by atoms with E-state index in [2.05, 4.69) is 17.4 Å². The molecular formula is C27H29FN2O3. The van der Waals surface area contributed by atoms with Gasteiger partial charge in [0.15, 0.2) is 0 Å². The van der Waals surface area contributed by atoms with Gasteiger partial charge < -0.3 is 15.0 Å². The smallest absolute Gasteiger partial charge is 0.222 e. The quantitative estimate of drug-likeness (QED) is 0.547. The fraction of sp³-hybridized carbons (Fsp3) is 0.333. The van der Waals surface area contributed by atoms with E-state index in [1.807, 2.05) is 24.3 Å². The largest absolute Gasteiger partial charge is 0.496 e. The van der Waals surface area contributed by atoms with E-state index in [9.17, 15) is 14.0 Å². The highest BCUT2D eigenvalue weighted by Crippen LogP contribution is 2.35. The van der Waals surface area contributed by atoms with Gasteiger partial charge in [-0.15, -0.1) is 0 Å². The summed E-state index contributed by atoms with van der Waals surface area (Å²) in [4.78, 5) is 26.7. The number of carbonyl (C=O) groups excluding carboxylic acids is 2. The van der Waals surface area contributed by atoms with Crippen LogP contribution in [-0.4, -0.2) is 36.4 Å². The van der Waals surface area contributed by atoms with Crippen LogP contribution in [0.2, 0.25) is 0 Å². The molecule has 0 saturated carbocycles. The van der Waals surface area contributed by atoms with Crippen molar-refractivity contribution < 1.29 is 18.7 Å². The third-order valence-corrected chi connectivity index (χ3v) is 6.53.